The molecular formula is C29H22O. The average Bonchev–Trinajstić information content (AvgIpc) is 3.26. The van der Waals surface area contributed by atoms with Crippen LogP contribution in [0.1, 0.15) is 28.2 Å². The van der Waals surface area contributed by atoms with Crippen LogP contribution in [0.2, 0.25) is 0 Å². The number of fused-ring (bicyclic) bond motifs is 1. The van der Waals surface area contributed by atoms with Gasteiger partial charge in [-0.3, -0.25) is 0 Å². The molecule has 0 unspecified atom stereocenters. The highest BCUT2D eigenvalue weighted by Gasteiger charge is 2.82. The van der Waals surface area contributed by atoms with Gasteiger partial charge in [0.1, 0.15) is 5.76 Å². The molecule has 1 heteroatoms. The highest BCUT2D eigenvalue weighted by molar-refractivity contribution is 5.75. The van der Waals surface area contributed by atoms with Crippen LogP contribution >= 0.6 is 0 Å². The van der Waals surface area contributed by atoms with Gasteiger partial charge in [-0.2, -0.15) is 0 Å². The van der Waals surface area contributed by atoms with E-state index in [1.165, 1.54) is 16.7 Å². The molecule has 0 saturated heterocycles. The van der Waals surface area contributed by atoms with E-state index in [-0.39, 0.29) is 11.3 Å². The summed E-state index contributed by atoms with van der Waals surface area (Å²) in [6, 6.07) is 42.8. The van der Waals surface area contributed by atoms with Gasteiger partial charge in [-0.15, -0.1) is 0 Å². The second kappa shape index (κ2) is 6.47. The van der Waals surface area contributed by atoms with Crippen molar-refractivity contribution in [1.82, 2.24) is 0 Å². The second-order valence-corrected chi connectivity index (χ2v) is 8.16. The van der Waals surface area contributed by atoms with Gasteiger partial charge < -0.3 is 4.74 Å². The van der Waals surface area contributed by atoms with Gasteiger partial charge in [-0.1, -0.05) is 121 Å². The lowest BCUT2D eigenvalue weighted by atomic mass is 9.87. The molecule has 0 aromatic heterocycles. The third-order valence-corrected chi connectivity index (χ3v) is 6.67. The molecule has 0 radical (unpaired) electrons. The maximum atomic E-state index is 6.98. The number of hydrogen-bond donors (Lipinski definition) is 0. The molecular weight excluding hydrogens is 364 g/mol. The van der Waals surface area contributed by atoms with Crippen LogP contribution in [-0.4, -0.2) is 0 Å². The van der Waals surface area contributed by atoms with Crippen LogP contribution in [0.5, 0.6) is 0 Å². The Balaban J connectivity index is 1.62. The summed E-state index contributed by atoms with van der Waals surface area (Å²) < 4.78 is 6.98. The summed E-state index contributed by atoms with van der Waals surface area (Å²) in [6.07, 6.45) is 2.38. The molecule has 0 bridgehead atoms. The number of rotatable bonds is 4. The number of benzene rings is 4. The lowest BCUT2D eigenvalue weighted by Gasteiger charge is -2.21. The fraction of sp³-hybridized carbons (Fsp3) is 0.103. The Labute approximate surface area is 177 Å². The van der Waals surface area contributed by atoms with Crippen molar-refractivity contribution >= 4 is 5.76 Å². The Bertz CT molecular complexity index is 1200. The van der Waals surface area contributed by atoms with Gasteiger partial charge in [0.15, 0.2) is 5.60 Å². The first kappa shape index (κ1) is 17.3. The minimum absolute atomic E-state index is 0.225. The van der Waals surface area contributed by atoms with E-state index in [0.29, 0.717) is 0 Å². The van der Waals surface area contributed by atoms with Crippen molar-refractivity contribution in [3.05, 3.63) is 150 Å². The summed E-state index contributed by atoms with van der Waals surface area (Å²) in [5, 5.41) is 0. The van der Waals surface area contributed by atoms with Gasteiger partial charge in [0.05, 0.1) is 5.41 Å². The third kappa shape index (κ3) is 2.23. The summed E-state index contributed by atoms with van der Waals surface area (Å²) in [7, 11) is 0. The van der Waals surface area contributed by atoms with Gasteiger partial charge in [0.25, 0.3) is 0 Å². The zero-order chi connectivity index (χ0) is 20.0. The van der Waals surface area contributed by atoms with E-state index in [0.717, 1.165) is 11.3 Å². The highest BCUT2D eigenvalue weighted by atomic mass is 16.5. The van der Waals surface area contributed by atoms with Crippen LogP contribution in [0.15, 0.2) is 127 Å². The molecule has 1 aliphatic heterocycles. The van der Waals surface area contributed by atoms with Gasteiger partial charge in [-0.05, 0) is 22.8 Å². The average molecular weight is 386 g/mol. The second-order valence-electron chi connectivity index (χ2n) is 8.16. The van der Waals surface area contributed by atoms with Crippen LogP contribution in [0.25, 0.3) is 5.76 Å². The van der Waals surface area contributed by atoms with Gasteiger partial charge in [-0.25, -0.2) is 0 Å². The summed E-state index contributed by atoms with van der Waals surface area (Å²) in [4.78, 5) is 0. The summed E-state index contributed by atoms with van der Waals surface area (Å²) >= 11 is 0. The van der Waals surface area contributed by atoms with Crippen molar-refractivity contribution in [1.29, 1.82) is 0 Å². The van der Waals surface area contributed by atoms with E-state index in [1.54, 1.807) is 0 Å². The van der Waals surface area contributed by atoms with Crippen LogP contribution in [0.4, 0.5) is 0 Å². The topological polar surface area (TPSA) is 9.23 Å². The number of hydrogen-bond acceptors (Lipinski definition) is 1. The molecule has 1 fully saturated rings. The minimum Gasteiger partial charge on any atom is -0.480 e. The monoisotopic (exact) mass is 386 g/mol. The zero-order valence-corrected chi connectivity index (χ0v) is 16.6. The quantitative estimate of drug-likeness (QED) is 0.380. The molecule has 1 nitrogen and oxygen atoms in total. The highest BCUT2D eigenvalue weighted by Crippen LogP contribution is 2.80. The van der Waals surface area contributed by atoms with Crippen LogP contribution in [0.3, 0.4) is 0 Å². The fourth-order valence-corrected chi connectivity index (χ4v) is 5.43. The Morgan fingerprint density at radius 3 is 1.63 bits per heavy atom. The van der Waals surface area contributed by atoms with E-state index in [2.05, 4.69) is 121 Å². The van der Waals surface area contributed by atoms with Crippen molar-refractivity contribution in [2.24, 2.45) is 0 Å². The van der Waals surface area contributed by atoms with Crippen molar-refractivity contribution in [3.8, 4) is 0 Å². The maximum absolute atomic E-state index is 6.98. The first-order valence-corrected chi connectivity index (χ1v) is 10.5. The number of ether oxygens (including phenoxy) is 1. The predicted molar refractivity (Wildman–Crippen MR) is 121 cm³/mol. The van der Waals surface area contributed by atoms with E-state index in [1.807, 2.05) is 6.07 Å². The molecule has 144 valence electrons. The standard InChI is InChI=1S/C29H22O/c1-5-13-22(14-6-1)26-21-28(24-17-9-3-10-18-24)27(23-15-7-2-8-16-23)29(28,30-26)25-19-11-4-12-20-25/h1-21,27H/t27-,28+,29-/m0/s1. The molecule has 2 aliphatic rings. The summed E-state index contributed by atoms with van der Waals surface area (Å²) in [5.74, 6) is 1.19. The molecule has 4 aromatic rings. The SMILES string of the molecule is C1=C(c2ccccc2)O[C@@]2(c3ccccc3)[C@@H](c3ccccc3)[C@]12c1ccccc1. The van der Waals surface area contributed by atoms with Gasteiger partial charge >= 0.3 is 0 Å². The van der Waals surface area contributed by atoms with Crippen molar-refractivity contribution in [3.63, 3.8) is 0 Å². The molecule has 1 heterocycles. The Kier molecular flexibility index (Phi) is 3.73. The molecule has 1 saturated carbocycles. The smallest absolute Gasteiger partial charge is 0.156 e. The molecule has 4 aromatic carbocycles. The molecule has 3 atom stereocenters. The molecule has 0 spiro atoms. The van der Waals surface area contributed by atoms with Crippen molar-refractivity contribution in [2.45, 2.75) is 16.9 Å². The van der Waals surface area contributed by atoms with Crippen LogP contribution < -0.4 is 0 Å². The predicted octanol–water partition coefficient (Wildman–Crippen LogP) is 6.69. The lowest BCUT2D eigenvalue weighted by Crippen LogP contribution is -2.18. The van der Waals surface area contributed by atoms with Gasteiger partial charge in [0.2, 0.25) is 0 Å². The van der Waals surface area contributed by atoms with Crippen molar-refractivity contribution in [2.75, 3.05) is 0 Å². The molecule has 0 amide bonds. The first-order chi connectivity index (χ1) is 14.9. The molecule has 1 aliphatic carbocycles. The Hall–Kier alpha value is -3.58. The fourth-order valence-electron chi connectivity index (χ4n) is 5.43. The normalized spacial score (nSPS) is 26.4. The van der Waals surface area contributed by atoms with Gasteiger partial charge in [0, 0.05) is 11.5 Å². The van der Waals surface area contributed by atoms with Crippen LogP contribution in [0, 0.1) is 0 Å². The third-order valence-electron chi connectivity index (χ3n) is 6.67. The molecule has 6 rings (SSSR count). The summed E-state index contributed by atoms with van der Waals surface area (Å²) in [5.41, 5.74) is 4.29. The Morgan fingerprint density at radius 1 is 0.533 bits per heavy atom. The molecule has 30 heavy (non-hydrogen) atoms. The van der Waals surface area contributed by atoms with E-state index < -0.39 is 5.60 Å². The maximum Gasteiger partial charge on any atom is 0.156 e. The van der Waals surface area contributed by atoms with E-state index >= 15 is 0 Å². The molecule has 0 N–H and O–H groups in total. The van der Waals surface area contributed by atoms with E-state index in [9.17, 15) is 0 Å². The summed E-state index contributed by atoms with van der Waals surface area (Å²) in [6.45, 7) is 0. The first-order valence-electron chi connectivity index (χ1n) is 10.5. The largest absolute Gasteiger partial charge is 0.480 e. The van der Waals surface area contributed by atoms with Crippen LogP contribution in [-0.2, 0) is 15.8 Å². The zero-order valence-electron chi connectivity index (χ0n) is 16.6. The van der Waals surface area contributed by atoms with E-state index in [4.69, 9.17) is 4.74 Å². The van der Waals surface area contributed by atoms with Crippen molar-refractivity contribution < 1.29 is 4.74 Å². The Morgan fingerprint density at radius 2 is 1.03 bits per heavy atom. The lowest BCUT2D eigenvalue weighted by molar-refractivity contribution is 0.136. The minimum atomic E-state index is -0.442.